The Morgan fingerprint density at radius 2 is 1.54 bits per heavy atom. The molecule has 0 atom stereocenters. The Balaban J connectivity index is 1.51. The minimum Gasteiger partial charge on any atom is -0.324 e. The van der Waals surface area contributed by atoms with Gasteiger partial charge in [-0.05, 0) is 62.3 Å². The molecule has 1 amide bonds. The van der Waals surface area contributed by atoms with E-state index < -0.39 is 0 Å². The highest BCUT2D eigenvalue weighted by atomic mass is 35.5. The molecule has 1 aliphatic rings. The highest BCUT2D eigenvalue weighted by Gasteiger charge is 2.26. The van der Waals surface area contributed by atoms with E-state index in [4.69, 9.17) is 46.4 Å². The molecule has 1 aliphatic heterocycles. The average Bonchev–Trinajstić information content (AvgIpc) is 2.67. The molecule has 0 aromatic heterocycles. The maximum absolute atomic E-state index is 12.6. The van der Waals surface area contributed by atoms with Crippen LogP contribution in [0.2, 0.25) is 20.1 Å². The predicted molar refractivity (Wildman–Crippen MR) is 115 cm³/mol. The molecule has 2 aromatic rings. The lowest BCUT2D eigenvalue weighted by Crippen LogP contribution is -2.40. The van der Waals surface area contributed by atoms with E-state index in [-0.39, 0.29) is 24.2 Å². The summed E-state index contributed by atoms with van der Waals surface area (Å²) < 4.78 is 0. The lowest BCUT2D eigenvalue weighted by Gasteiger charge is -2.30. The van der Waals surface area contributed by atoms with Crippen molar-refractivity contribution in [3.05, 3.63) is 62.1 Å². The van der Waals surface area contributed by atoms with Crippen LogP contribution in [-0.2, 0) is 4.79 Å². The fraction of sp³-hybridized carbons (Fsp3) is 0.300. The van der Waals surface area contributed by atoms with Gasteiger partial charge in [0.15, 0.2) is 5.78 Å². The fourth-order valence-electron chi connectivity index (χ4n) is 3.21. The number of Topliss-reactive ketones (excluding diaryl/α,β-unsaturated/α-hetero) is 1. The van der Waals surface area contributed by atoms with Crippen LogP contribution in [0.15, 0.2) is 36.4 Å². The molecule has 1 N–H and O–H groups in total. The van der Waals surface area contributed by atoms with E-state index >= 15 is 0 Å². The summed E-state index contributed by atoms with van der Waals surface area (Å²) >= 11 is 23.8. The smallest absolute Gasteiger partial charge is 0.238 e. The van der Waals surface area contributed by atoms with Crippen LogP contribution in [0, 0.1) is 5.92 Å². The number of ketones is 1. The molecule has 0 spiro atoms. The molecule has 0 saturated carbocycles. The average molecular weight is 460 g/mol. The summed E-state index contributed by atoms with van der Waals surface area (Å²) in [5, 5.41) is 4.35. The number of nitrogens with zero attached hydrogens (tertiary/aromatic N) is 1. The molecule has 0 bridgehead atoms. The Hall–Kier alpha value is -1.30. The Bertz CT molecular complexity index is 879. The second-order valence-corrected chi connectivity index (χ2v) is 8.37. The van der Waals surface area contributed by atoms with Crippen LogP contribution in [0.25, 0.3) is 0 Å². The third kappa shape index (κ3) is 5.40. The molecule has 8 heteroatoms. The van der Waals surface area contributed by atoms with E-state index in [1.54, 1.807) is 24.3 Å². The molecular weight excluding hydrogens is 442 g/mol. The monoisotopic (exact) mass is 458 g/mol. The molecule has 4 nitrogen and oxygen atoms in total. The first kappa shape index (κ1) is 21.4. The number of hydrogen-bond donors (Lipinski definition) is 1. The molecule has 0 aliphatic carbocycles. The van der Waals surface area contributed by atoms with Crippen molar-refractivity contribution < 1.29 is 9.59 Å². The summed E-state index contributed by atoms with van der Waals surface area (Å²) in [4.78, 5) is 27.0. The van der Waals surface area contributed by atoms with E-state index in [9.17, 15) is 9.59 Å². The molecule has 28 heavy (non-hydrogen) atoms. The number of hydrogen-bond acceptors (Lipinski definition) is 3. The largest absolute Gasteiger partial charge is 0.324 e. The minimum atomic E-state index is -0.192. The first-order valence-electron chi connectivity index (χ1n) is 8.80. The first-order chi connectivity index (χ1) is 13.3. The number of halogens is 4. The quantitative estimate of drug-likeness (QED) is 0.451. The van der Waals surface area contributed by atoms with Crippen molar-refractivity contribution in [3.63, 3.8) is 0 Å². The zero-order valence-corrected chi connectivity index (χ0v) is 17.9. The van der Waals surface area contributed by atoms with Gasteiger partial charge in [-0.15, -0.1) is 0 Å². The van der Waals surface area contributed by atoms with Gasteiger partial charge in [-0.1, -0.05) is 46.4 Å². The second kappa shape index (κ2) is 9.47. The van der Waals surface area contributed by atoms with Crippen molar-refractivity contribution in [3.8, 4) is 0 Å². The Morgan fingerprint density at radius 3 is 2.18 bits per heavy atom. The van der Waals surface area contributed by atoms with E-state index in [0.717, 1.165) is 0 Å². The highest BCUT2D eigenvalue weighted by molar-refractivity contribution is 6.44. The summed E-state index contributed by atoms with van der Waals surface area (Å²) in [5.74, 6) is -0.101. The van der Waals surface area contributed by atoms with Gasteiger partial charge in [-0.25, -0.2) is 0 Å². The zero-order chi connectivity index (χ0) is 20.3. The predicted octanol–water partition coefficient (Wildman–Crippen LogP) is 5.83. The zero-order valence-electron chi connectivity index (χ0n) is 14.9. The van der Waals surface area contributed by atoms with Gasteiger partial charge in [0.1, 0.15) is 0 Å². The van der Waals surface area contributed by atoms with E-state index in [1.165, 1.54) is 12.1 Å². The van der Waals surface area contributed by atoms with Gasteiger partial charge in [-0.3, -0.25) is 14.5 Å². The Kier molecular flexibility index (Phi) is 7.24. The normalized spacial score (nSPS) is 15.4. The number of rotatable bonds is 5. The van der Waals surface area contributed by atoms with Crippen molar-refractivity contribution >= 4 is 63.8 Å². The molecule has 0 radical (unpaired) electrons. The third-order valence-electron chi connectivity index (χ3n) is 4.74. The lowest BCUT2D eigenvalue weighted by molar-refractivity contribution is -0.117. The SMILES string of the molecule is O=C(CN1CCC(C(=O)c2ccc(Cl)cc2)CC1)Nc1cc(Cl)c(Cl)cc1Cl. The van der Waals surface area contributed by atoms with Crippen LogP contribution in [0.4, 0.5) is 5.69 Å². The summed E-state index contributed by atoms with van der Waals surface area (Å²) in [5.41, 5.74) is 1.10. The summed E-state index contributed by atoms with van der Waals surface area (Å²) in [7, 11) is 0. The van der Waals surface area contributed by atoms with E-state index in [2.05, 4.69) is 5.32 Å². The van der Waals surface area contributed by atoms with Gasteiger partial charge in [0.05, 0.1) is 27.3 Å². The van der Waals surface area contributed by atoms with Crippen LogP contribution in [0.3, 0.4) is 0 Å². The van der Waals surface area contributed by atoms with E-state index in [0.29, 0.717) is 57.3 Å². The number of piperidine rings is 1. The van der Waals surface area contributed by atoms with E-state index in [1.807, 2.05) is 4.90 Å². The minimum absolute atomic E-state index is 0.0370. The van der Waals surface area contributed by atoms with Gasteiger partial charge in [0.25, 0.3) is 0 Å². The van der Waals surface area contributed by atoms with Crippen LogP contribution < -0.4 is 5.32 Å². The second-order valence-electron chi connectivity index (χ2n) is 6.72. The number of carbonyl (C=O) groups excluding carboxylic acids is 2. The summed E-state index contributed by atoms with van der Waals surface area (Å²) in [6, 6.07) is 9.98. The van der Waals surface area contributed by atoms with Crippen molar-refractivity contribution in [1.29, 1.82) is 0 Å². The number of amides is 1. The summed E-state index contributed by atoms with van der Waals surface area (Å²) in [6.45, 7) is 1.57. The van der Waals surface area contributed by atoms with Gasteiger partial charge in [0, 0.05) is 16.5 Å². The maximum Gasteiger partial charge on any atom is 0.238 e. The van der Waals surface area contributed by atoms with Crippen LogP contribution in [0.1, 0.15) is 23.2 Å². The van der Waals surface area contributed by atoms with Gasteiger partial charge >= 0.3 is 0 Å². The van der Waals surface area contributed by atoms with Crippen LogP contribution in [0.5, 0.6) is 0 Å². The molecule has 0 unspecified atom stereocenters. The van der Waals surface area contributed by atoms with Gasteiger partial charge in [-0.2, -0.15) is 0 Å². The maximum atomic E-state index is 12.6. The standard InChI is InChI=1S/C20H18Cl4N2O2/c21-14-3-1-12(2-4-14)20(28)13-5-7-26(8-6-13)11-19(27)25-18-10-16(23)15(22)9-17(18)24/h1-4,9-10,13H,5-8,11H2,(H,25,27). The van der Waals surface area contributed by atoms with Gasteiger partial charge < -0.3 is 5.32 Å². The number of nitrogens with one attached hydrogen (secondary N) is 1. The third-order valence-corrected chi connectivity index (χ3v) is 6.03. The first-order valence-corrected chi connectivity index (χ1v) is 10.3. The molecule has 1 fully saturated rings. The molecule has 148 valence electrons. The molecule has 3 rings (SSSR count). The highest BCUT2D eigenvalue weighted by Crippen LogP contribution is 2.32. The van der Waals surface area contributed by atoms with Crippen molar-refractivity contribution in [2.24, 2.45) is 5.92 Å². The Labute approximate surface area is 183 Å². The summed E-state index contributed by atoms with van der Waals surface area (Å²) in [6.07, 6.45) is 1.42. The number of benzene rings is 2. The fourth-order valence-corrected chi connectivity index (χ4v) is 3.93. The van der Waals surface area contributed by atoms with Gasteiger partial charge in [0.2, 0.25) is 5.91 Å². The number of anilines is 1. The molecule has 1 saturated heterocycles. The Morgan fingerprint density at radius 1 is 0.929 bits per heavy atom. The van der Waals surface area contributed by atoms with Crippen LogP contribution >= 0.6 is 46.4 Å². The van der Waals surface area contributed by atoms with Crippen LogP contribution in [-0.4, -0.2) is 36.2 Å². The topological polar surface area (TPSA) is 49.4 Å². The molecular formula is C20H18Cl4N2O2. The van der Waals surface area contributed by atoms with Crippen molar-refractivity contribution in [2.45, 2.75) is 12.8 Å². The number of likely N-dealkylation sites (tertiary alicyclic amines) is 1. The lowest BCUT2D eigenvalue weighted by atomic mass is 9.89. The van der Waals surface area contributed by atoms with Crippen molar-refractivity contribution in [1.82, 2.24) is 4.90 Å². The van der Waals surface area contributed by atoms with Crippen molar-refractivity contribution in [2.75, 3.05) is 25.0 Å². The number of carbonyl (C=O) groups is 2. The molecule has 2 aromatic carbocycles. The molecule has 1 heterocycles.